The first-order valence-electron chi connectivity index (χ1n) is 9.54. The average Bonchev–Trinajstić information content (AvgIpc) is 3.20. The summed E-state index contributed by atoms with van der Waals surface area (Å²) in [7, 11) is 0. The number of benzene rings is 2. The maximum atomic E-state index is 13.5. The lowest BCUT2D eigenvalue weighted by Crippen LogP contribution is -2.34. The first-order chi connectivity index (χ1) is 14.8. The van der Waals surface area contributed by atoms with E-state index in [1.54, 1.807) is 43.5 Å². The van der Waals surface area contributed by atoms with Crippen LogP contribution in [0.25, 0.3) is 11.3 Å². The van der Waals surface area contributed by atoms with Gasteiger partial charge in [0.05, 0.1) is 11.2 Å². The molecule has 0 spiro atoms. The Morgan fingerprint density at radius 2 is 1.87 bits per heavy atom. The summed E-state index contributed by atoms with van der Waals surface area (Å²) in [5.74, 6) is -0.145. The number of nitrogens with one attached hydrogen (secondary N) is 2. The van der Waals surface area contributed by atoms with Crippen molar-refractivity contribution in [2.45, 2.75) is 19.8 Å². The second-order valence-electron chi connectivity index (χ2n) is 6.81. The summed E-state index contributed by atoms with van der Waals surface area (Å²) in [5, 5.41) is 6.30. The molecule has 0 aliphatic heterocycles. The van der Waals surface area contributed by atoms with Crippen molar-refractivity contribution in [1.29, 1.82) is 0 Å². The maximum Gasteiger partial charge on any atom is 0.251 e. The number of hydrogen-bond donors (Lipinski definition) is 2. The lowest BCUT2D eigenvalue weighted by Gasteiger charge is -2.07. The number of hydrogen-bond acceptors (Lipinski definition) is 4. The Balaban J connectivity index is 1.40. The molecule has 3 rings (SSSR count). The number of oxazole rings is 1. The van der Waals surface area contributed by atoms with E-state index in [-0.39, 0.29) is 31.0 Å². The number of aromatic nitrogens is 1. The molecule has 2 amide bonds. The molecule has 0 radical (unpaired) electrons. The van der Waals surface area contributed by atoms with E-state index in [1.165, 1.54) is 6.07 Å². The minimum atomic E-state index is -0.436. The van der Waals surface area contributed by atoms with Crippen molar-refractivity contribution in [2.24, 2.45) is 0 Å². The molecule has 1 heterocycles. The SMILES string of the molecule is Cc1ccc(C(=O)NCCNC(=O)CCc2ncc(-c3ccc(Cl)cc3Cl)o2)cc1F. The van der Waals surface area contributed by atoms with Crippen LogP contribution in [0.1, 0.15) is 28.2 Å². The summed E-state index contributed by atoms with van der Waals surface area (Å²) >= 11 is 12.1. The fourth-order valence-electron chi connectivity index (χ4n) is 2.76. The summed E-state index contributed by atoms with van der Waals surface area (Å²) in [6, 6.07) is 9.33. The quantitative estimate of drug-likeness (QED) is 0.479. The number of aryl methyl sites for hydroxylation is 2. The molecule has 0 atom stereocenters. The van der Waals surface area contributed by atoms with Gasteiger partial charge in [-0.2, -0.15) is 0 Å². The van der Waals surface area contributed by atoms with Gasteiger partial charge in [0.2, 0.25) is 5.91 Å². The van der Waals surface area contributed by atoms with Crippen molar-refractivity contribution >= 4 is 35.0 Å². The lowest BCUT2D eigenvalue weighted by atomic mass is 10.1. The number of carbonyl (C=O) groups excluding carboxylic acids is 2. The average molecular weight is 464 g/mol. The molecule has 6 nitrogen and oxygen atoms in total. The molecule has 0 saturated heterocycles. The molecule has 31 heavy (non-hydrogen) atoms. The van der Waals surface area contributed by atoms with Gasteiger partial charge < -0.3 is 15.1 Å². The zero-order valence-electron chi connectivity index (χ0n) is 16.7. The third-order valence-corrected chi connectivity index (χ3v) is 5.03. The highest BCUT2D eigenvalue weighted by Gasteiger charge is 2.12. The van der Waals surface area contributed by atoms with Crippen molar-refractivity contribution in [3.8, 4) is 11.3 Å². The van der Waals surface area contributed by atoms with E-state index in [9.17, 15) is 14.0 Å². The van der Waals surface area contributed by atoms with E-state index in [1.807, 2.05) is 0 Å². The van der Waals surface area contributed by atoms with E-state index in [0.29, 0.717) is 39.2 Å². The van der Waals surface area contributed by atoms with E-state index in [4.69, 9.17) is 27.6 Å². The molecule has 3 aromatic rings. The summed E-state index contributed by atoms with van der Waals surface area (Å²) in [5.41, 5.74) is 1.37. The monoisotopic (exact) mass is 463 g/mol. The molecule has 0 bridgehead atoms. The van der Waals surface area contributed by atoms with Gasteiger partial charge in [-0.3, -0.25) is 9.59 Å². The summed E-state index contributed by atoms with van der Waals surface area (Å²) < 4.78 is 19.2. The Hall–Kier alpha value is -2.90. The minimum absolute atomic E-state index is 0.172. The van der Waals surface area contributed by atoms with Gasteiger partial charge in [0.15, 0.2) is 11.7 Å². The van der Waals surface area contributed by atoms with Crippen molar-refractivity contribution in [3.05, 3.63) is 75.5 Å². The van der Waals surface area contributed by atoms with Crippen LogP contribution in [-0.2, 0) is 11.2 Å². The second kappa shape index (κ2) is 10.4. The Bertz CT molecular complexity index is 1100. The Labute approximate surface area is 188 Å². The van der Waals surface area contributed by atoms with Crippen LogP contribution in [0.5, 0.6) is 0 Å². The van der Waals surface area contributed by atoms with E-state index in [2.05, 4.69) is 15.6 Å². The molecule has 9 heteroatoms. The molecule has 162 valence electrons. The molecule has 2 aromatic carbocycles. The number of nitrogens with zero attached hydrogens (tertiary/aromatic N) is 1. The Morgan fingerprint density at radius 3 is 2.61 bits per heavy atom. The van der Waals surface area contributed by atoms with Crippen LogP contribution >= 0.6 is 23.2 Å². The molecule has 0 aliphatic rings. The molecule has 0 fully saturated rings. The van der Waals surface area contributed by atoms with Crippen LogP contribution in [0, 0.1) is 12.7 Å². The lowest BCUT2D eigenvalue weighted by molar-refractivity contribution is -0.121. The first kappa shape index (κ1) is 22.8. The predicted octanol–water partition coefficient (Wildman–Crippen LogP) is 4.57. The summed E-state index contributed by atoms with van der Waals surface area (Å²) in [6.45, 7) is 2.09. The maximum absolute atomic E-state index is 13.5. The van der Waals surface area contributed by atoms with E-state index >= 15 is 0 Å². The highest BCUT2D eigenvalue weighted by Crippen LogP contribution is 2.30. The smallest absolute Gasteiger partial charge is 0.251 e. The molecule has 1 aromatic heterocycles. The topological polar surface area (TPSA) is 84.2 Å². The highest BCUT2D eigenvalue weighted by molar-refractivity contribution is 6.36. The van der Waals surface area contributed by atoms with Crippen LogP contribution in [0.3, 0.4) is 0 Å². The molecule has 0 unspecified atom stereocenters. The largest absolute Gasteiger partial charge is 0.441 e. The molecular formula is C22H20Cl2FN3O3. The van der Waals surface area contributed by atoms with Crippen molar-refractivity contribution in [1.82, 2.24) is 15.6 Å². The van der Waals surface area contributed by atoms with Crippen LogP contribution in [0.15, 0.2) is 47.0 Å². The Kier molecular flexibility index (Phi) is 7.65. The second-order valence-corrected chi connectivity index (χ2v) is 7.66. The van der Waals surface area contributed by atoms with E-state index in [0.717, 1.165) is 0 Å². The normalized spacial score (nSPS) is 10.7. The van der Waals surface area contributed by atoms with Gasteiger partial charge in [0.25, 0.3) is 5.91 Å². The number of halogens is 3. The standard InChI is InChI=1S/C22H20Cl2FN3O3/c1-13-2-3-14(10-18(13)25)22(30)27-9-8-26-20(29)6-7-21-28-12-19(31-21)16-5-4-15(23)11-17(16)24/h2-5,10-12H,6-9H2,1H3,(H,26,29)(H,27,30). The molecule has 0 aliphatic carbocycles. The van der Waals surface area contributed by atoms with Crippen molar-refractivity contribution < 1.29 is 18.4 Å². The molecular weight excluding hydrogens is 444 g/mol. The van der Waals surface area contributed by atoms with E-state index < -0.39 is 11.7 Å². The van der Waals surface area contributed by atoms with Gasteiger partial charge in [-0.05, 0) is 42.8 Å². The number of rotatable bonds is 8. The van der Waals surface area contributed by atoms with Crippen LogP contribution in [0.2, 0.25) is 10.0 Å². The van der Waals surface area contributed by atoms with Crippen LogP contribution in [-0.4, -0.2) is 29.9 Å². The third-order valence-electron chi connectivity index (χ3n) is 4.48. The van der Waals surface area contributed by atoms with Crippen LogP contribution in [0.4, 0.5) is 4.39 Å². The van der Waals surface area contributed by atoms with Crippen LogP contribution < -0.4 is 10.6 Å². The van der Waals surface area contributed by atoms with Gasteiger partial charge >= 0.3 is 0 Å². The first-order valence-corrected chi connectivity index (χ1v) is 10.3. The summed E-state index contributed by atoms with van der Waals surface area (Å²) in [6.07, 6.45) is 2.03. The molecule has 0 saturated carbocycles. The zero-order chi connectivity index (χ0) is 22.4. The minimum Gasteiger partial charge on any atom is -0.441 e. The van der Waals surface area contributed by atoms with Gasteiger partial charge in [-0.1, -0.05) is 29.3 Å². The number of amides is 2. The van der Waals surface area contributed by atoms with Gasteiger partial charge in [0, 0.05) is 42.1 Å². The summed E-state index contributed by atoms with van der Waals surface area (Å²) in [4.78, 5) is 28.2. The van der Waals surface area contributed by atoms with Gasteiger partial charge in [-0.25, -0.2) is 9.37 Å². The number of carbonyl (C=O) groups is 2. The van der Waals surface area contributed by atoms with Crippen molar-refractivity contribution in [2.75, 3.05) is 13.1 Å². The van der Waals surface area contributed by atoms with Crippen molar-refractivity contribution in [3.63, 3.8) is 0 Å². The third kappa shape index (κ3) is 6.29. The fourth-order valence-corrected chi connectivity index (χ4v) is 3.26. The Morgan fingerprint density at radius 1 is 1.10 bits per heavy atom. The predicted molar refractivity (Wildman–Crippen MR) is 117 cm³/mol. The van der Waals surface area contributed by atoms with Gasteiger partial charge in [-0.15, -0.1) is 0 Å². The highest BCUT2D eigenvalue weighted by atomic mass is 35.5. The fraction of sp³-hybridized carbons (Fsp3) is 0.227. The molecule has 2 N–H and O–H groups in total. The zero-order valence-corrected chi connectivity index (χ0v) is 18.2. The van der Waals surface area contributed by atoms with Gasteiger partial charge in [0.1, 0.15) is 5.82 Å².